The standard InChI is InChI=1S/C19H21F3N2O3/c1-18(2,3)13-4-6-14(7-5-13)26-11-15-10-24-9-12(8-19(20,21)22)16(25)23-17(24)27-15/h4-7,9,15H,8,10-11H2,1-3H3. The van der Waals surface area contributed by atoms with Crippen molar-refractivity contribution in [3.63, 3.8) is 0 Å². The molecule has 0 spiro atoms. The van der Waals surface area contributed by atoms with Crippen LogP contribution in [-0.2, 0) is 18.4 Å². The van der Waals surface area contributed by atoms with Gasteiger partial charge in [-0.2, -0.15) is 18.2 Å². The normalized spacial score (nSPS) is 16.7. The highest BCUT2D eigenvalue weighted by Gasteiger charge is 2.31. The van der Waals surface area contributed by atoms with Crippen molar-refractivity contribution in [1.82, 2.24) is 9.55 Å². The Labute approximate surface area is 154 Å². The van der Waals surface area contributed by atoms with Crippen LogP contribution in [0.15, 0.2) is 35.3 Å². The van der Waals surface area contributed by atoms with E-state index in [4.69, 9.17) is 9.47 Å². The van der Waals surface area contributed by atoms with Crippen molar-refractivity contribution in [2.75, 3.05) is 6.61 Å². The van der Waals surface area contributed by atoms with Crippen molar-refractivity contribution in [3.8, 4) is 11.8 Å². The number of nitrogens with zero attached hydrogens (tertiary/aromatic N) is 2. The molecule has 1 atom stereocenters. The lowest BCUT2D eigenvalue weighted by molar-refractivity contribution is -0.127. The maximum absolute atomic E-state index is 12.5. The van der Waals surface area contributed by atoms with Gasteiger partial charge in [0.2, 0.25) is 0 Å². The van der Waals surface area contributed by atoms with Crippen LogP contribution in [0.25, 0.3) is 0 Å². The second-order valence-electron chi connectivity index (χ2n) is 7.62. The first-order valence-corrected chi connectivity index (χ1v) is 8.58. The summed E-state index contributed by atoms with van der Waals surface area (Å²) < 4.78 is 50.2. The van der Waals surface area contributed by atoms with Gasteiger partial charge in [0.25, 0.3) is 11.6 Å². The molecule has 1 aromatic carbocycles. The molecule has 2 heterocycles. The molecule has 3 rings (SSSR count). The highest BCUT2D eigenvalue weighted by atomic mass is 19.4. The number of alkyl halides is 3. The molecule has 0 saturated heterocycles. The van der Waals surface area contributed by atoms with Crippen LogP contribution < -0.4 is 15.0 Å². The fourth-order valence-electron chi connectivity index (χ4n) is 2.82. The Morgan fingerprint density at radius 1 is 1.22 bits per heavy atom. The van der Waals surface area contributed by atoms with Crippen LogP contribution in [-0.4, -0.2) is 28.4 Å². The van der Waals surface area contributed by atoms with Crippen molar-refractivity contribution in [3.05, 3.63) is 51.9 Å². The molecule has 0 aliphatic carbocycles. The number of fused-ring (bicyclic) bond motifs is 1. The van der Waals surface area contributed by atoms with E-state index in [1.807, 2.05) is 24.3 Å². The zero-order chi connectivity index (χ0) is 19.8. The van der Waals surface area contributed by atoms with Crippen LogP contribution in [0.3, 0.4) is 0 Å². The van der Waals surface area contributed by atoms with Crippen molar-refractivity contribution in [1.29, 1.82) is 0 Å². The van der Waals surface area contributed by atoms with Gasteiger partial charge in [0.15, 0.2) is 6.10 Å². The van der Waals surface area contributed by atoms with Gasteiger partial charge in [-0.15, -0.1) is 0 Å². The predicted octanol–water partition coefficient (Wildman–Crippen LogP) is 3.49. The maximum atomic E-state index is 12.5. The second kappa shape index (κ2) is 6.90. The minimum atomic E-state index is -4.46. The molecule has 1 aromatic heterocycles. The summed E-state index contributed by atoms with van der Waals surface area (Å²) in [6.45, 7) is 6.82. The molecule has 27 heavy (non-hydrogen) atoms. The van der Waals surface area contributed by atoms with Gasteiger partial charge in [-0.25, -0.2) is 0 Å². The number of rotatable bonds is 4. The second-order valence-corrected chi connectivity index (χ2v) is 7.62. The molecule has 0 radical (unpaired) electrons. The average molecular weight is 382 g/mol. The third-order valence-electron chi connectivity index (χ3n) is 4.25. The molecular weight excluding hydrogens is 361 g/mol. The Morgan fingerprint density at radius 2 is 1.89 bits per heavy atom. The van der Waals surface area contributed by atoms with Crippen LogP contribution >= 0.6 is 0 Å². The molecule has 0 N–H and O–H groups in total. The van der Waals surface area contributed by atoms with Crippen LogP contribution in [0.1, 0.15) is 31.9 Å². The van der Waals surface area contributed by atoms with E-state index in [1.165, 1.54) is 10.1 Å². The summed E-state index contributed by atoms with van der Waals surface area (Å²) in [5.74, 6) is 0.669. The molecule has 0 bridgehead atoms. The predicted molar refractivity (Wildman–Crippen MR) is 93.3 cm³/mol. The van der Waals surface area contributed by atoms with Gasteiger partial charge in [0.05, 0.1) is 13.0 Å². The molecule has 0 amide bonds. The molecule has 0 fully saturated rings. The number of halogens is 3. The lowest BCUT2D eigenvalue weighted by atomic mass is 9.87. The van der Waals surface area contributed by atoms with Crippen molar-refractivity contribution < 1.29 is 22.6 Å². The lowest BCUT2D eigenvalue weighted by Crippen LogP contribution is -2.23. The number of aromatic nitrogens is 2. The summed E-state index contributed by atoms with van der Waals surface area (Å²) in [5, 5.41) is 0. The van der Waals surface area contributed by atoms with E-state index < -0.39 is 29.8 Å². The van der Waals surface area contributed by atoms with Crippen LogP contribution in [0.4, 0.5) is 13.2 Å². The molecule has 1 unspecified atom stereocenters. The number of hydrogen-bond donors (Lipinski definition) is 0. The van der Waals surface area contributed by atoms with Crippen molar-refractivity contribution >= 4 is 0 Å². The fraction of sp³-hybridized carbons (Fsp3) is 0.474. The summed E-state index contributed by atoms with van der Waals surface area (Å²) in [7, 11) is 0. The van der Waals surface area contributed by atoms with Gasteiger partial charge < -0.3 is 9.47 Å². The average Bonchev–Trinajstić information content (AvgIpc) is 2.93. The van der Waals surface area contributed by atoms with Gasteiger partial charge in [-0.3, -0.25) is 9.36 Å². The van der Waals surface area contributed by atoms with Gasteiger partial charge in [0.1, 0.15) is 12.4 Å². The largest absolute Gasteiger partial charge is 0.490 e. The molecule has 8 heteroatoms. The van der Waals surface area contributed by atoms with Crippen molar-refractivity contribution in [2.24, 2.45) is 0 Å². The van der Waals surface area contributed by atoms with Gasteiger partial charge in [-0.1, -0.05) is 32.9 Å². The Bertz CT molecular complexity index is 868. The SMILES string of the molecule is CC(C)(C)c1ccc(OCC2Cn3cc(CC(F)(F)F)c(=O)nc3O2)cc1. The third kappa shape index (κ3) is 4.81. The summed E-state index contributed by atoms with van der Waals surface area (Å²) >= 11 is 0. The Balaban J connectivity index is 1.62. The monoisotopic (exact) mass is 382 g/mol. The fourth-order valence-corrected chi connectivity index (χ4v) is 2.82. The van der Waals surface area contributed by atoms with Crippen LogP contribution in [0, 0.1) is 0 Å². The first-order valence-electron chi connectivity index (χ1n) is 8.58. The van der Waals surface area contributed by atoms with E-state index in [1.54, 1.807) is 0 Å². The highest BCUT2D eigenvalue weighted by Crippen LogP contribution is 2.25. The highest BCUT2D eigenvalue weighted by molar-refractivity contribution is 5.31. The Hall–Kier alpha value is -2.51. The van der Waals surface area contributed by atoms with Crippen LogP contribution in [0.5, 0.6) is 11.8 Å². The van der Waals surface area contributed by atoms with Gasteiger partial charge in [-0.05, 0) is 23.1 Å². The zero-order valence-corrected chi connectivity index (χ0v) is 15.3. The van der Waals surface area contributed by atoms with E-state index in [-0.39, 0.29) is 24.6 Å². The molecular formula is C19H21F3N2O3. The molecule has 146 valence electrons. The molecule has 2 aromatic rings. The van der Waals surface area contributed by atoms with E-state index in [2.05, 4.69) is 25.8 Å². The van der Waals surface area contributed by atoms with E-state index in [0.717, 1.165) is 6.20 Å². The van der Waals surface area contributed by atoms with Crippen molar-refractivity contribution in [2.45, 2.75) is 51.4 Å². The minimum Gasteiger partial charge on any atom is -0.490 e. The van der Waals surface area contributed by atoms with Crippen LogP contribution in [0.2, 0.25) is 0 Å². The smallest absolute Gasteiger partial charge is 0.393 e. The van der Waals surface area contributed by atoms with Gasteiger partial charge in [0, 0.05) is 11.8 Å². The first-order chi connectivity index (χ1) is 12.5. The van der Waals surface area contributed by atoms with Gasteiger partial charge >= 0.3 is 6.18 Å². The first kappa shape index (κ1) is 19.3. The number of benzene rings is 1. The molecule has 0 saturated carbocycles. The molecule has 1 aliphatic heterocycles. The Kier molecular flexibility index (Phi) is 4.92. The number of hydrogen-bond acceptors (Lipinski definition) is 4. The van der Waals surface area contributed by atoms with E-state index in [0.29, 0.717) is 5.75 Å². The maximum Gasteiger partial charge on any atom is 0.393 e. The summed E-state index contributed by atoms with van der Waals surface area (Å²) in [4.78, 5) is 15.3. The lowest BCUT2D eigenvalue weighted by Gasteiger charge is -2.19. The molecule has 5 nitrogen and oxygen atoms in total. The number of ether oxygens (including phenoxy) is 2. The summed E-state index contributed by atoms with van der Waals surface area (Å²) in [6.07, 6.45) is -5.03. The zero-order valence-electron chi connectivity index (χ0n) is 15.3. The topological polar surface area (TPSA) is 53.4 Å². The molecule has 1 aliphatic rings. The Morgan fingerprint density at radius 3 is 2.48 bits per heavy atom. The minimum absolute atomic E-state index is 0.0163. The summed E-state index contributed by atoms with van der Waals surface area (Å²) in [6, 6.07) is 7.73. The summed E-state index contributed by atoms with van der Waals surface area (Å²) in [5.41, 5.74) is -0.0901. The third-order valence-corrected chi connectivity index (χ3v) is 4.25. The van der Waals surface area contributed by atoms with E-state index >= 15 is 0 Å². The quantitative estimate of drug-likeness (QED) is 0.812. The van der Waals surface area contributed by atoms with E-state index in [9.17, 15) is 18.0 Å².